The number of benzene rings is 1. The van der Waals surface area contributed by atoms with E-state index in [9.17, 15) is 0 Å². The highest BCUT2D eigenvalue weighted by molar-refractivity contribution is 5.93. The van der Waals surface area contributed by atoms with Crippen LogP contribution in [0.1, 0.15) is 11.3 Å². The van der Waals surface area contributed by atoms with Gasteiger partial charge in [0.15, 0.2) is 0 Å². The van der Waals surface area contributed by atoms with Crippen LogP contribution in [0.15, 0.2) is 24.3 Å². The van der Waals surface area contributed by atoms with Crippen LogP contribution in [0.4, 0.5) is 5.69 Å². The Morgan fingerprint density at radius 2 is 2.20 bits per heavy atom. The Kier molecular flexibility index (Phi) is 2.56. The molecule has 1 aromatic carbocycles. The zero-order valence-electron chi connectivity index (χ0n) is 9.04. The molecule has 1 heterocycles. The van der Waals surface area contributed by atoms with E-state index in [0.29, 0.717) is 6.54 Å². The topological polar surface area (TPSA) is 50.9 Å². The van der Waals surface area contributed by atoms with Crippen LogP contribution in [0.3, 0.4) is 0 Å². The molecule has 0 amide bonds. The second-order valence-corrected chi connectivity index (χ2v) is 3.59. The van der Waals surface area contributed by atoms with E-state index in [4.69, 9.17) is 5.73 Å². The number of nitrogens with one attached hydrogen (secondary N) is 1. The molecule has 0 spiro atoms. The van der Waals surface area contributed by atoms with Gasteiger partial charge < -0.3 is 11.1 Å². The Morgan fingerprint density at radius 1 is 1.40 bits per heavy atom. The van der Waals surface area contributed by atoms with Gasteiger partial charge in [-0.2, -0.15) is 0 Å². The monoisotopic (exact) mass is 201 g/mol. The highest BCUT2D eigenvalue weighted by Crippen LogP contribution is 2.24. The Bertz CT molecular complexity index is 491. The van der Waals surface area contributed by atoms with Crippen molar-refractivity contribution >= 4 is 16.6 Å². The van der Waals surface area contributed by atoms with Crippen molar-refractivity contribution < 1.29 is 0 Å². The SMILES string of the molecule is CNc1cc(CN)nc2c(C)cccc12. The van der Waals surface area contributed by atoms with E-state index in [1.54, 1.807) is 0 Å². The Hall–Kier alpha value is -1.61. The molecule has 0 fully saturated rings. The van der Waals surface area contributed by atoms with Gasteiger partial charge in [0.1, 0.15) is 0 Å². The summed E-state index contributed by atoms with van der Waals surface area (Å²) in [4.78, 5) is 4.54. The largest absolute Gasteiger partial charge is 0.388 e. The predicted molar refractivity (Wildman–Crippen MR) is 63.9 cm³/mol. The van der Waals surface area contributed by atoms with Gasteiger partial charge in [-0.05, 0) is 18.6 Å². The number of nitrogens with two attached hydrogens (primary N) is 1. The second kappa shape index (κ2) is 3.87. The van der Waals surface area contributed by atoms with E-state index < -0.39 is 0 Å². The zero-order valence-corrected chi connectivity index (χ0v) is 9.04. The van der Waals surface area contributed by atoms with Crippen LogP contribution >= 0.6 is 0 Å². The first-order valence-electron chi connectivity index (χ1n) is 5.03. The first-order valence-corrected chi connectivity index (χ1v) is 5.03. The summed E-state index contributed by atoms with van der Waals surface area (Å²) in [5.41, 5.74) is 9.84. The Labute approximate surface area is 89.3 Å². The van der Waals surface area contributed by atoms with Crippen molar-refractivity contribution in [2.45, 2.75) is 13.5 Å². The standard InChI is InChI=1S/C12H15N3/c1-8-4-3-5-10-11(14-2)6-9(7-13)15-12(8)10/h3-6H,7,13H2,1-2H3,(H,14,15). The summed E-state index contributed by atoms with van der Waals surface area (Å²) in [6.45, 7) is 2.54. The van der Waals surface area contributed by atoms with Crippen molar-refractivity contribution in [3.63, 3.8) is 0 Å². The fourth-order valence-corrected chi connectivity index (χ4v) is 1.76. The minimum atomic E-state index is 0.471. The van der Waals surface area contributed by atoms with Crippen molar-refractivity contribution in [3.05, 3.63) is 35.5 Å². The molecule has 0 bridgehead atoms. The molecule has 0 aliphatic heterocycles. The highest BCUT2D eigenvalue weighted by atomic mass is 14.8. The molecule has 0 aliphatic rings. The predicted octanol–water partition coefficient (Wildman–Crippen LogP) is 2.04. The molecule has 0 radical (unpaired) electrons. The molecule has 0 atom stereocenters. The van der Waals surface area contributed by atoms with Crippen molar-refractivity contribution in [1.82, 2.24) is 4.98 Å². The van der Waals surface area contributed by atoms with Crippen LogP contribution in [-0.2, 0) is 6.54 Å². The molecule has 3 heteroatoms. The van der Waals surface area contributed by atoms with Gasteiger partial charge in [-0.15, -0.1) is 0 Å². The molecule has 0 saturated carbocycles. The highest BCUT2D eigenvalue weighted by Gasteiger charge is 2.05. The van der Waals surface area contributed by atoms with Gasteiger partial charge in [-0.3, -0.25) is 4.98 Å². The van der Waals surface area contributed by atoms with Crippen LogP contribution in [0.25, 0.3) is 10.9 Å². The number of fused-ring (bicyclic) bond motifs is 1. The number of rotatable bonds is 2. The van der Waals surface area contributed by atoms with Gasteiger partial charge in [0, 0.05) is 24.7 Å². The molecule has 15 heavy (non-hydrogen) atoms. The fraction of sp³-hybridized carbons (Fsp3) is 0.250. The molecule has 1 aromatic heterocycles. The lowest BCUT2D eigenvalue weighted by molar-refractivity contribution is 1.00. The van der Waals surface area contributed by atoms with Gasteiger partial charge in [0.25, 0.3) is 0 Å². The maximum Gasteiger partial charge on any atom is 0.0755 e. The summed E-state index contributed by atoms with van der Waals surface area (Å²) in [7, 11) is 1.91. The third kappa shape index (κ3) is 1.66. The van der Waals surface area contributed by atoms with Crippen molar-refractivity contribution in [1.29, 1.82) is 0 Å². The van der Waals surface area contributed by atoms with Gasteiger partial charge >= 0.3 is 0 Å². The molecule has 2 rings (SSSR count). The molecule has 3 N–H and O–H groups in total. The molecule has 3 nitrogen and oxygen atoms in total. The summed E-state index contributed by atoms with van der Waals surface area (Å²) >= 11 is 0. The number of aromatic nitrogens is 1. The zero-order chi connectivity index (χ0) is 10.8. The van der Waals surface area contributed by atoms with Crippen LogP contribution in [0, 0.1) is 6.92 Å². The van der Waals surface area contributed by atoms with Crippen LogP contribution < -0.4 is 11.1 Å². The summed E-state index contributed by atoms with van der Waals surface area (Å²) in [5, 5.41) is 4.32. The van der Waals surface area contributed by atoms with Crippen LogP contribution in [-0.4, -0.2) is 12.0 Å². The third-order valence-corrected chi connectivity index (χ3v) is 2.57. The molecular weight excluding hydrogens is 186 g/mol. The number of aryl methyl sites for hydroxylation is 1. The summed E-state index contributed by atoms with van der Waals surface area (Å²) in [5.74, 6) is 0. The van der Waals surface area contributed by atoms with E-state index in [0.717, 1.165) is 22.3 Å². The third-order valence-electron chi connectivity index (χ3n) is 2.57. The first kappa shape index (κ1) is 9.93. The number of para-hydroxylation sites is 1. The van der Waals surface area contributed by atoms with Gasteiger partial charge in [-0.1, -0.05) is 18.2 Å². The Morgan fingerprint density at radius 3 is 2.87 bits per heavy atom. The lowest BCUT2D eigenvalue weighted by Crippen LogP contribution is -2.02. The van der Waals surface area contributed by atoms with Crippen molar-refractivity contribution in [3.8, 4) is 0 Å². The van der Waals surface area contributed by atoms with Crippen LogP contribution in [0.2, 0.25) is 0 Å². The van der Waals surface area contributed by atoms with E-state index in [1.807, 2.05) is 19.2 Å². The van der Waals surface area contributed by atoms with E-state index in [-0.39, 0.29) is 0 Å². The van der Waals surface area contributed by atoms with E-state index >= 15 is 0 Å². The number of pyridine rings is 1. The van der Waals surface area contributed by atoms with Gasteiger partial charge in [-0.25, -0.2) is 0 Å². The average Bonchev–Trinajstić information content (AvgIpc) is 2.28. The quantitative estimate of drug-likeness (QED) is 0.781. The smallest absolute Gasteiger partial charge is 0.0755 e. The number of nitrogens with zero attached hydrogens (tertiary/aromatic N) is 1. The Balaban J connectivity index is 2.80. The van der Waals surface area contributed by atoms with Crippen LogP contribution in [0.5, 0.6) is 0 Å². The number of anilines is 1. The minimum absolute atomic E-state index is 0.471. The van der Waals surface area contributed by atoms with E-state index in [2.05, 4.69) is 29.4 Å². The molecule has 0 aliphatic carbocycles. The summed E-state index contributed by atoms with van der Waals surface area (Å²) in [6.07, 6.45) is 0. The fourth-order valence-electron chi connectivity index (χ4n) is 1.76. The lowest BCUT2D eigenvalue weighted by atomic mass is 10.1. The van der Waals surface area contributed by atoms with E-state index in [1.165, 1.54) is 5.56 Å². The number of hydrogen-bond donors (Lipinski definition) is 2. The van der Waals surface area contributed by atoms with Crippen molar-refractivity contribution in [2.24, 2.45) is 5.73 Å². The maximum absolute atomic E-state index is 5.62. The molecule has 78 valence electrons. The second-order valence-electron chi connectivity index (χ2n) is 3.59. The normalized spacial score (nSPS) is 10.6. The lowest BCUT2D eigenvalue weighted by Gasteiger charge is -2.09. The van der Waals surface area contributed by atoms with Crippen molar-refractivity contribution in [2.75, 3.05) is 12.4 Å². The first-order chi connectivity index (χ1) is 7.26. The maximum atomic E-state index is 5.62. The number of hydrogen-bond acceptors (Lipinski definition) is 3. The van der Waals surface area contributed by atoms with Gasteiger partial charge in [0.05, 0.1) is 11.2 Å². The molecular formula is C12H15N3. The summed E-state index contributed by atoms with van der Waals surface area (Å²) in [6, 6.07) is 8.18. The molecule has 0 saturated heterocycles. The van der Waals surface area contributed by atoms with Gasteiger partial charge in [0.2, 0.25) is 0 Å². The minimum Gasteiger partial charge on any atom is -0.388 e. The molecule has 0 unspecified atom stereocenters. The summed E-state index contributed by atoms with van der Waals surface area (Å²) < 4.78 is 0. The molecule has 2 aromatic rings. The average molecular weight is 201 g/mol.